The molecule has 0 unspecified atom stereocenters. The lowest BCUT2D eigenvalue weighted by molar-refractivity contribution is 0.542. The molecule has 0 spiro atoms. The van der Waals surface area contributed by atoms with Gasteiger partial charge in [-0.1, -0.05) is 13.3 Å². The van der Waals surface area contributed by atoms with Crippen molar-refractivity contribution in [3.8, 4) is 0 Å². The average molecular weight is 193 g/mol. The van der Waals surface area contributed by atoms with Gasteiger partial charge in [-0.25, -0.2) is 8.42 Å². The van der Waals surface area contributed by atoms with Crippen molar-refractivity contribution in [2.24, 2.45) is 5.73 Å². The summed E-state index contributed by atoms with van der Waals surface area (Å²) in [7, 11) is -2.93. The molecular formula is C8H19NO2S. The standard InChI is InChI=1S/C8H19NO2S/c1-4-5-6-12(10,11)7-8(2,3)9/h4-7,9H2,1-3H3. The zero-order valence-electron chi connectivity index (χ0n) is 8.13. The number of rotatable bonds is 5. The first-order chi connectivity index (χ1) is 5.27. The minimum absolute atomic E-state index is 0.0833. The highest BCUT2D eigenvalue weighted by Crippen LogP contribution is 2.05. The van der Waals surface area contributed by atoms with E-state index in [-0.39, 0.29) is 11.5 Å². The summed E-state index contributed by atoms with van der Waals surface area (Å²) in [6.07, 6.45) is 1.64. The van der Waals surface area contributed by atoms with Crippen LogP contribution in [0.2, 0.25) is 0 Å². The van der Waals surface area contributed by atoms with E-state index >= 15 is 0 Å². The van der Waals surface area contributed by atoms with Crippen LogP contribution in [0, 0.1) is 0 Å². The van der Waals surface area contributed by atoms with E-state index in [1.165, 1.54) is 0 Å². The fourth-order valence-electron chi connectivity index (χ4n) is 1.00. The zero-order chi connectivity index (χ0) is 9.83. The molecule has 0 aliphatic carbocycles. The van der Waals surface area contributed by atoms with Gasteiger partial charge in [0.2, 0.25) is 0 Å². The van der Waals surface area contributed by atoms with Crippen molar-refractivity contribution in [1.82, 2.24) is 0 Å². The van der Waals surface area contributed by atoms with E-state index in [1.807, 2.05) is 6.92 Å². The maximum Gasteiger partial charge on any atom is 0.152 e. The van der Waals surface area contributed by atoms with E-state index in [0.717, 1.165) is 12.8 Å². The summed E-state index contributed by atoms with van der Waals surface area (Å²) in [5.74, 6) is 0.351. The van der Waals surface area contributed by atoms with Crippen LogP contribution in [-0.4, -0.2) is 25.5 Å². The molecule has 0 amide bonds. The van der Waals surface area contributed by atoms with E-state index in [2.05, 4.69) is 0 Å². The first-order valence-corrected chi connectivity index (χ1v) is 6.08. The molecule has 0 radical (unpaired) electrons. The van der Waals surface area contributed by atoms with Crippen molar-refractivity contribution in [2.75, 3.05) is 11.5 Å². The fraction of sp³-hybridized carbons (Fsp3) is 1.00. The van der Waals surface area contributed by atoms with Crippen LogP contribution >= 0.6 is 0 Å². The Morgan fingerprint density at radius 1 is 1.33 bits per heavy atom. The van der Waals surface area contributed by atoms with Crippen LogP contribution in [-0.2, 0) is 9.84 Å². The molecule has 0 atom stereocenters. The number of sulfone groups is 1. The second-order valence-electron chi connectivity index (χ2n) is 3.93. The summed E-state index contributed by atoms with van der Waals surface area (Å²) >= 11 is 0. The Labute approximate surface area is 75.3 Å². The molecule has 0 saturated carbocycles. The molecule has 0 bridgehead atoms. The van der Waals surface area contributed by atoms with E-state index in [0.29, 0.717) is 0 Å². The molecule has 74 valence electrons. The molecule has 12 heavy (non-hydrogen) atoms. The fourth-order valence-corrected chi connectivity index (χ4v) is 3.01. The predicted molar refractivity (Wildman–Crippen MR) is 51.8 cm³/mol. The Kier molecular flexibility index (Phi) is 4.20. The molecule has 3 nitrogen and oxygen atoms in total. The summed E-state index contributed by atoms with van der Waals surface area (Å²) in [5, 5.41) is 0. The maximum absolute atomic E-state index is 11.3. The predicted octanol–water partition coefficient (Wildman–Crippen LogP) is 0.939. The lowest BCUT2D eigenvalue weighted by atomic mass is 10.1. The lowest BCUT2D eigenvalue weighted by Crippen LogP contribution is -2.40. The van der Waals surface area contributed by atoms with Crippen LogP contribution in [0.15, 0.2) is 0 Å². The van der Waals surface area contributed by atoms with Gasteiger partial charge in [0.15, 0.2) is 9.84 Å². The molecule has 0 fully saturated rings. The van der Waals surface area contributed by atoms with Crippen LogP contribution in [0.3, 0.4) is 0 Å². The van der Waals surface area contributed by atoms with Crippen molar-refractivity contribution in [3.05, 3.63) is 0 Å². The molecule has 0 heterocycles. The average Bonchev–Trinajstić information content (AvgIpc) is 1.78. The Morgan fingerprint density at radius 3 is 2.17 bits per heavy atom. The van der Waals surface area contributed by atoms with Gasteiger partial charge in [-0.05, 0) is 20.3 Å². The van der Waals surface area contributed by atoms with E-state index in [4.69, 9.17) is 5.73 Å². The molecule has 0 aliphatic rings. The molecule has 0 saturated heterocycles. The van der Waals surface area contributed by atoms with E-state index in [9.17, 15) is 8.42 Å². The van der Waals surface area contributed by atoms with Gasteiger partial charge in [0, 0.05) is 5.54 Å². The molecule has 4 heteroatoms. The summed E-state index contributed by atoms with van der Waals surface area (Å²) in [4.78, 5) is 0. The monoisotopic (exact) mass is 193 g/mol. The SMILES string of the molecule is CCCCS(=O)(=O)CC(C)(C)N. The molecular weight excluding hydrogens is 174 g/mol. The van der Waals surface area contributed by atoms with E-state index in [1.54, 1.807) is 13.8 Å². The molecule has 0 aromatic carbocycles. The van der Waals surface area contributed by atoms with Gasteiger partial charge in [0.05, 0.1) is 11.5 Å². The second-order valence-corrected chi connectivity index (χ2v) is 6.12. The number of hydrogen-bond donors (Lipinski definition) is 1. The maximum atomic E-state index is 11.3. The topological polar surface area (TPSA) is 60.2 Å². The van der Waals surface area contributed by atoms with Crippen molar-refractivity contribution in [3.63, 3.8) is 0 Å². The largest absolute Gasteiger partial charge is 0.325 e. The molecule has 0 rings (SSSR count). The smallest absolute Gasteiger partial charge is 0.152 e. The summed E-state index contributed by atoms with van der Waals surface area (Å²) in [6, 6.07) is 0. The van der Waals surface area contributed by atoms with Crippen LogP contribution < -0.4 is 5.73 Å². The quantitative estimate of drug-likeness (QED) is 0.707. The third kappa shape index (κ3) is 6.61. The Hall–Kier alpha value is -0.0900. The van der Waals surface area contributed by atoms with Gasteiger partial charge < -0.3 is 5.73 Å². The molecule has 2 N–H and O–H groups in total. The van der Waals surface area contributed by atoms with Crippen molar-refractivity contribution in [2.45, 2.75) is 39.2 Å². The van der Waals surface area contributed by atoms with Crippen LogP contribution in [0.25, 0.3) is 0 Å². The molecule has 0 aromatic heterocycles. The minimum atomic E-state index is -2.93. The Bertz CT molecular complexity index is 214. The van der Waals surface area contributed by atoms with Gasteiger partial charge >= 0.3 is 0 Å². The highest BCUT2D eigenvalue weighted by atomic mass is 32.2. The molecule has 0 aromatic rings. The van der Waals surface area contributed by atoms with Gasteiger partial charge in [-0.2, -0.15) is 0 Å². The Balaban J connectivity index is 4.06. The zero-order valence-corrected chi connectivity index (χ0v) is 8.95. The van der Waals surface area contributed by atoms with E-state index < -0.39 is 15.4 Å². The molecule has 0 aliphatic heterocycles. The second kappa shape index (κ2) is 4.23. The van der Waals surface area contributed by atoms with Gasteiger partial charge in [-0.15, -0.1) is 0 Å². The van der Waals surface area contributed by atoms with Gasteiger partial charge in [0.1, 0.15) is 0 Å². The Morgan fingerprint density at radius 2 is 1.83 bits per heavy atom. The van der Waals surface area contributed by atoms with Crippen molar-refractivity contribution in [1.29, 1.82) is 0 Å². The third-order valence-corrected chi connectivity index (χ3v) is 3.50. The van der Waals surface area contributed by atoms with Crippen LogP contribution in [0.4, 0.5) is 0 Å². The normalized spacial score (nSPS) is 13.3. The minimum Gasteiger partial charge on any atom is -0.325 e. The lowest BCUT2D eigenvalue weighted by Gasteiger charge is -2.17. The first kappa shape index (κ1) is 11.9. The summed E-state index contributed by atoms with van der Waals surface area (Å²) in [5.41, 5.74) is 5.01. The highest BCUT2D eigenvalue weighted by Gasteiger charge is 2.20. The summed E-state index contributed by atoms with van der Waals surface area (Å²) in [6.45, 7) is 5.44. The van der Waals surface area contributed by atoms with Gasteiger partial charge in [0.25, 0.3) is 0 Å². The van der Waals surface area contributed by atoms with Crippen molar-refractivity contribution < 1.29 is 8.42 Å². The summed E-state index contributed by atoms with van der Waals surface area (Å²) < 4.78 is 22.7. The number of nitrogens with two attached hydrogens (primary N) is 1. The van der Waals surface area contributed by atoms with Crippen molar-refractivity contribution >= 4 is 9.84 Å². The van der Waals surface area contributed by atoms with Crippen LogP contribution in [0.1, 0.15) is 33.6 Å². The third-order valence-electron chi connectivity index (χ3n) is 1.40. The highest BCUT2D eigenvalue weighted by molar-refractivity contribution is 7.91. The first-order valence-electron chi connectivity index (χ1n) is 4.26. The number of hydrogen-bond acceptors (Lipinski definition) is 3. The number of unbranched alkanes of at least 4 members (excludes halogenated alkanes) is 1. The van der Waals surface area contributed by atoms with Gasteiger partial charge in [-0.3, -0.25) is 0 Å². The van der Waals surface area contributed by atoms with Crippen LogP contribution in [0.5, 0.6) is 0 Å².